The number of hydrogen-bond donors (Lipinski definition) is 5. The van der Waals surface area contributed by atoms with E-state index < -0.39 is 17.8 Å². The van der Waals surface area contributed by atoms with Crippen LogP contribution in [-0.2, 0) is 10.4 Å². The van der Waals surface area contributed by atoms with Crippen molar-refractivity contribution in [2.45, 2.75) is 56.3 Å². The van der Waals surface area contributed by atoms with Crippen LogP contribution in [0.25, 0.3) is 11.1 Å². The van der Waals surface area contributed by atoms with E-state index in [0.717, 1.165) is 29.5 Å². The van der Waals surface area contributed by atoms with E-state index in [9.17, 15) is 19.8 Å². The number of carbonyl (C=O) groups excluding carboxylic acids is 1. The summed E-state index contributed by atoms with van der Waals surface area (Å²) in [5.74, 6) is -0.552. The van der Waals surface area contributed by atoms with Crippen LogP contribution in [-0.4, -0.2) is 69.0 Å². The van der Waals surface area contributed by atoms with Crippen molar-refractivity contribution in [3.63, 3.8) is 0 Å². The number of aliphatic hydroxyl groups excluding tert-OH is 1. The van der Waals surface area contributed by atoms with Gasteiger partial charge in [0, 0.05) is 55.5 Å². The molecule has 2 aliphatic rings. The Balaban J connectivity index is 1.62. The Morgan fingerprint density at radius 1 is 1.19 bits per heavy atom. The highest BCUT2D eigenvalue weighted by Gasteiger charge is 2.44. The zero-order valence-electron chi connectivity index (χ0n) is 20.4. The van der Waals surface area contributed by atoms with Gasteiger partial charge in [-0.15, -0.1) is 0 Å². The molecule has 6 N–H and O–H groups in total. The molecule has 194 valence electrons. The molecule has 0 radical (unpaired) electrons. The van der Waals surface area contributed by atoms with Crippen molar-refractivity contribution in [1.29, 1.82) is 0 Å². The number of nitrogens with zero attached hydrogens (tertiary/aromatic N) is 2. The van der Waals surface area contributed by atoms with E-state index in [0.29, 0.717) is 38.8 Å². The zero-order chi connectivity index (χ0) is 25.7. The van der Waals surface area contributed by atoms with Gasteiger partial charge < -0.3 is 31.3 Å². The monoisotopic (exact) mass is 496 g/mol. The summed E-state index contributed by atoms with van der Waals surface area (Å²) in [7, 11) is 0. The number of nitrogens with two attached hydrogens (primary N) is 1. The lowest BCUT2D eigenvalue weighted by atomic mass is 9.72. The molecule has 2 amide bonds. The molecule has 4 rings (SSSR count). The Morgan fingerprint density at radius 3 is 2.69 bits per heavy atom. The second-order valence-electron chi connectivity index (χ2n) is 10.1. The number of likely N-dealkylation sites (tertiary alicyclic amines) is 1. The Kier molecular flexibility index (Phi) is 8.23. The van der Waals surface area contributed by atoms with Gasteiger partial charge in [-0.25, -0.2) is 4.79 Å². The lowest BCUT2D eigenvalue weighted by molar-refractivity contribution is -0.141. The number of rotatable bonds is 8. The maximum atomic E-state index is 13.3. The van der Waals surface area contributed by atoms with Gasteiger partial charge in [0.25, 0.3) is 0 Å². The summed E-state index contributed by atoms with van der Waals surface area (Å²) in [5, 5.41) is 33.8. The molecule has 1 saturated carbocycles. The number of aliphatic hydroxyl groups is 2. The molecule has 1 aromatic carbocycles. The number of amides is 2. The number of piperidine rings is 1. The molecule has 1 saturated heterocycles. The number of pyridine rings is 1. The maximum absolute atomic E-state index is 13.3. The first-order chi connectivity index (χ1) is 17.3. The van der Waals surface area contributed by atoms with E-state index in [2.05, 4.69) is 10.3 Å². The maximum Gasteiger partial charge on any atom is 0.404 e. The zero-order valence-corrected chi connectivity index (χ0v) is 20.4. The van der Waals surface area contributed by atoms with Gasteiger partial charge in [-0.2, -0.15) is 0 Å². The van der Waals surface area contributed by atoms with Gasteiger partial charge in [0.15, 0.2) is 0 Å². The summed E-state index contributed by atoms with van der Waals surface area (Å²) >= 11 is 0. The van der Waals surface area contributed by atoms with Crippen LogP contribution in [0.4, 0.5) is 4.79 Å². The number of nitrogens with one attached hydrogen (secondary N) is 1. The molecule has 1 aliphatic heterocycles. The third-order valence-corrected chi connectivity index (χ3v) is 7.71. The van der Waals surface area contributed by atoms with Crippen molar-refractivity contribution in [2.24, 2.45) is 17.6 Å². The summed E-state index contributed by atoms with van der Waals surface area (Å²) in [6.45, 7) is 1.23. The molecule has 0 bridgehead atoms. The van der Waals surface area contributed by atoms with Crippen LogP contribution in [0.3, 0.4) is 0 Å². The summed E-state index contributed by atoms with van der Waals surface area (Å²) in [5.41, 5.74) is 7.18. The first-order valence-electron chi connectivity index (χ1n) is 12.7. The van der Waals surface area contributed by atoms with Crippen molar-refractivity contribution in [3.05, 3.63) is 54.4 Å². The predicted octanol–water partition coefficient (Wildman–Crippen LogP) is 2.32. The Hall–Kier alpha value is -3.01. The summed E-state index contributed by atoms with van der Waals surface area (Å²) in [6.07, 6.45) is 4.81. The second-order valence-corrected chi connectivity index (χ2v) is 10.1. The third kappa shape index (κ3) is 5.69. The van der Waals surface area contributed by atoms with Crippen molar-refractivity contribution in [2.75, 3.05) is 19.6 Å². The van der Waals surface area contributed by atoms with E-state index in [4.69, 9.17) is 10.8 Å². The topological polar surface area (TPSA) is 149 Å². The highest BCUT2D eigenvalue weighted by Crippen LogP contribution is 2.43. The number of carbonyl (C=O) groups is 2. The van der Waals surface area contributed by atoms with Gasteiger partial charge in [-0.1, -0.05) is 30.3 Å². The molecular weight excluding hydrogens is 460 g/mol. The van der Waals surface area contributed by atoms with Crippen LogP contribution < -0.4 is 11.1 Å². The van der Waals surface area contributed by atoms with Crippen LogP contribution in [0.2, 0.25) is 0 Å². The Labute approximate surface area is 211 Å². The number of hydrogen-bond acceptors (Lipinski definition) is 6. The molecule has 1 aromatic heterocycles. The van der Waals surface area contributed by atoms with Crippen LogP contribution in [0.1, 0.15) is 44.1 Å². The largest absolute Gasteiger partial charge is 0.465 e. The van der Waals surface area contributed by atoms with E-state index in [1.807, 2.05) is 41.3 Å². The van der Waals surface area contributed by atoms with Gasteiger partial charge in [0.05, 0.1) is 11.7 Å². The van der Waals surface area contributed by atoms with Crippen LogP contribution in [0.15, 0.2) is 48.8 Å². The highest BCUT2D eigenvalue weighted by molar-refractivity contribution is 5.79. The fraction of sp³-hybridized carbons (Fsp3) is 0.519. The second kappa shape index (κ2) is 11.4. The van der Waals surface area contributed by atoms with Crippen LogP contribution in [0.5, 0.6) is 0 Å². The number of aromatic nitrogens is 1. The fourth-order valence-electron chi connectivity index (χ4n) is 5.82. The lowest BCUT2D eigenvalue weighted by Gasteiger charge is -2.44. The van der Waals surface area contributed by atoms with Crippen molar-refractivity contribution in [3.8, 4) is 11.1 Å². The average molecular weight is 497 g/mol. The lowest BCUT2D eigenvalue weighted by Crippen LogP contribution is -2.49. The predicted molar refractivity (Wildman–Crippen MR) is 135 cm³/mol. The highest BCUT2D eigenvalue weighted by atomic mass is 16.4. The van der Waals surface area contributed by atoms with Crippen LogP contribution in [0, 0.1) is 11.8 Å². The van der Waals surface area contributed by atoms with E-state index in [-0.39, 0.29) is 30.3 Å². The SMILES string of the molecule is N[C@@H]1C[C@H](C(=O)N2CCC[C@@H]([C@@](O)(CCCNC(=O)O)c3ccccc3-c3cccnc3)C2)C[C@@H]1O. The summed E-state index contributed by atoms with van der Waals surface area (Å²) in [6, 6.07) is 11.1. The van der Waals surface area contributed by atoms with Gasteiger partial charge in [-0.3, -0.25) is 9.78 Å². The minimum absolute atomic E-state index is 0.0119. The van der Waals surface area contributed by atoms with Gasteiger partial charge in [0.2, 0.25) is 5.91 Å². The molecule has 2 fully saturated rings. The molecule has 0 spiro atoms. The number of carboxylic acid groups (broad SMARTS) is 1. The van der Waals surface area contributed by atoms with Gasteiger partial charge >= 0.3 is 6.09 Å². The van der Waals surface area contributed by atoms with Crippen molar-refractivity contribution < 1.29 is 24.9 Å². The molecule has 1 aliphatic carbocycles. The van der Waals surface area contributed by atoms with Crippen LogP contribution >= 0.6 is 0 Å². The molecule has 9 heteroatoms. The van der Waals surface area contributed by atoms with E-state index in [1.54, 1.807) is 12.4 Å². The van der Waals surface area contributed by atoms with Gasteiger partial charge in [-0.05, 0) is 55.7 Å². The van der Waals surface area contributed by atoms with Crippen molar-refractivity contribution >= 4 is 12.0 Å². The normalized spacial score (nSPS) is 25.8. The minimum Gasteiger partial charge on any atom is -0.465 e. The molecule has 0 unspecified atom stereocenters. The summed E-state index contributed by atoms with van der Waals surface area (Å²) < 4.78 is 0. The standard InChI is InChI=1S/C27H36N4O5/c28-23-14-19(15-24(23)32)25(33)31-13-4-7-20(17-31)27(36,10-5-12-30-26(34)35)22-9-2-1-8-21(22)18-6-3-11-29-16-18/h1-3,6,8-9,11,16,19-20,23-24,30,32,36H,4-5,7,10,12-15,17,28H2,(H,34,35)/t19-,20+,23+,24-,27-/m0/s1. The fourth-order valence-corrected chi connectivity index (χ4v) is 5.82. The Morgan fingerprint density at radius 2 is 2.00 bits per heavy atom. The molecule has 9 nitrogen and oxygen atoms in total. The molecule has 36 heavy (non-hydrogen) atoms. The summed E-state index contributed by atoms with van der Waals surface area (Å²) in [4.78, 5) is 30.4. The molecule has 2 aromatic rings. The quantitative estimate of drug-likeness (QED) is 0.352. The average Bonchev–Trinajstić information content (AvgIpc) is 3.24. The number of benzene rings is 1. The Bertz CT molecular complexity index is 1040. The van der Waals surface area contributed by atoms with Gasteiger partial charge in [0.1, 0.15) is 0 Å². The molecular formula is C27H36N4O5. The minimum atomic E-state index is -1.28. The van der Waals surface area contributed by atoms with E-state index in [1.165, 1.54) is 0 Å². The smallest absolute Gasteiger partial charge is 0.404 e. The van der Waals surface area contributed by atoms with E-state index >= 15 is 0 Å². The molecule has 2 heterocycles. The van der Waals surface area contributed by atoms with Crippen molar-refractivity contribution in [1.82, 2.24) is 15.2 Å². The first-order valence-corrected chi connectivity index (χ1v) is 12.7. The third-order valence-electron chi connectivity index (χ3n) is 7.71. The first kappa shape index (κ1) is 26.1. The molecule has 5 atom stereocenters.